The number of nitrogens with zero attached hydrogens (tertiary/aromatic N) is 2. The predicted molar refractivity (Wildman–Crippen MR) is 80.5 cm³/mol. The van der Waals surface area contributed by atoms with Gasteiger partial charge >= 0.3 is 5.97 Å². The quantitative estimate of drug-likeness (QED) is 0.752. The lowest BCUT2D eigenvalue weighted by Gasteiger charge is -2.09. The van der Waals surface area contributed by atoms with Gasteiger partial charge in [0.1, 0.15) is 11.4 Å². The molecule has 0 unspecified atom stereocenters. The minimum Gasteiger partial charge on any atom is -0.477 e. The molecule has 110 valence electrons. The molecule has 2 N–H and O–H groups in total. The van der Waals surface area contributed by atoms with E-state index in [1.165, 1.54) is 12.5 Å². The molecule has 0 aliphatic carbocycles. The Balaban J connectivity index is 1.89. The molecule has 6 heteroatoms. The predicted octanol–water partition coefficient (Wildman–Crippen LogP) is 3.05. The van der Waals surface area contributed by atoms with Gasteiger partial charge in [0.05, 0.1) is 6.26 Å². The van der Waals surface area contributed by atoms with Crippen molar-refractivity contribution in [3.8, 4) is 11.6 Å². The van der Waals surface area contributed by atoms with Crippen LogP contribution in [0.2, 0.25) is 0 Å². The fourth-order valence-corrected chi connectivity index (χ4v) is 1.98. The number of carbonyl (C=O) groups is 1. The Bertz CT molecular complexity index is 771. The van der Waals surface area contributed by atoms with Crippen LogP contribution in [0.1, 0.15) is 15.9 Å². The molecule has 3 aromatic rings. The molecule has 0 aliphatic heterocycles. The number of carboxylic acids is 1. The highest BCUT2D eigenvalue weighted by Crippen LogP contribution is 2.20. The van der Waals surface area contributed by atoms with Crippen LogP contribution in [0.15, 0.2) is 59.3 Å². The third-order valence-corrected chi connectivity index (χ3v) is 3.06. The molecule has 2 aromatic heterocycles. The van der Waals surface area contributed by atoms with Gasteiger partial charge in [-0.2, -0.15) is 0 Å². The number of hydrogen-bond donors (Lipinski definition) is 2. The van der Waals surface area contributed by atoms with Crippen molar-refractivity contribution in [3.63, 3.8) is 0 Å². The molecular formula is C16H13N3O3. The summed E-state index contributed by atoms with van der Waals surface area (Å²) in [5.41, 5.74) is 1.04. The number of nitrogens with one attached hydrogen (secondary N) is 1. The second-order valence-electron chi connectivity index (χ2n) is 4.58. The monoisotopic (exact) mass is 295 g/mol. The second-order valence-corrected chi connectivity index (χ2v) is 4.58. The topological polar surface area (TPSA) is 88.2 Å². The van der Waals surface area contributed by atoms with Crippen LogP contribution in [0, 0.1) is 0 Å². The Morgan fingerprint density at radius 3 is 2.68 bits per heavy atom. The van der Waals surface area contributed by atoms with E-state index in [4.69, 9.17) is 4.42 Å². The van der Waals surface area contributed by atoms with E-state index in [9.17, 15) is 9.90 Å². The van der Waals surface area contributed by atoms with Crippen molar-refractivity contribution in [2.24, 2.45) is 0 Å². The fourth-order valence-electron chi connectivity index (χ4n) is 1.98. The molecule has 0 spiro atoms. The Morgan fingerprint density at radius 1 is 1.18 bits per heavy atom. The Labute approximate surface area is 126 Å². The van der Waals surface area contributed by atoms with Gasteiger partial charge in [-0.1, -0.05) is 30.3 Å². The lowest BCUT2D eigenvalue weighted by molar-refractivity contribution is 0.0697. The van der Waals surface area contributed by atoms with E-state index in [0.29, 0.717) is 18.1 Å². The molecule has 0 saturated heterocycles. The summed E-state index contributed by atoms with van der Waals surface area (Å²) in [7, 11) is 0. The third kappa shape index (κ3) is 2.95. The lowest BCUT2D eigenvalue weighted by atomic mass is 10.2. The SMILES string of the molecule is O=C(O)c1cnc(-c2ccco2)nc1NCc1ccccc1. The summed E-state index contributed by atoms with van der Waals surface area (Å²) in [6.45, 7) is 0.468. The van der Waals surface area contributed by atoms with Gasteiger partial charge in [0, 0.05) is 12.7 Å². The molecule has 0 amide bonds. The van der Waals surface area contributed by atoms with E-state index in [2.05, 4.69) is 15.3 Å². The third-order valence-electron chi connectivity index (χ3n) is 3.06. The van der Waals surface area contributed by atoms with Gasteiger partial charge in [-0.05, 0) is 17.7 Å². The van der Waals surface area contributed by atoms with Crippen LogP contribution in [0.5, 0.6) is 0 Å². The highest BCUT2D eigenvalue weighted by molar-refractivity contribution is 5.93. The molecule has 6 nitrogen and oxygen atoms in total. The van der Waals surface area contributed by atoms with Crippen LogP contribution in [0.3, 0.4) is 0 Å². The average molecular weight is 295 g/mol. The summed E-state index contributed by atoms with van der Waals surface area (Å²) in [4.78, 5) is 19.6. The summed E-state index contributed by atoms with van der Waals surface area (Å²) in [6, 6.07) is 13.1. The van der Waals surface area contributed by atoms with Crippen molar-refractivity contribution < 1.29 is 14.3 Å². The van der Waals surface area contributed by atoms with Gasteiger partial charge < -0.3 is 14.8 Å². The van der Waals surface area contributed by atoms with E-state index in [1.54, 1.807) is 12.1 Å². The summed E-state index contributed by atoms with van der Waals surface area (Å²) in [5, 5.41) is 12.3. The molecule has 0 aliphatic rings. The highest BCUT2D eigenvalue weighted by atomic mass is 16.4. The van der Waals surface area contributed by atoms with Gasteiger partial charge in [-0.15, -0.1) is 0 Å². The number of aromatic nitrogens is 2. The summed E-state index contributed by atoms with van der Waals surface area (Å²) >= 11 is 0. The Kier molecular flexibility index (Phi) is 3.82. The first kappa shape index (κ1) is 13.8. The second kappa shape index (κ2) is 6.09. The van der Waals surface area contributed by atoms with Gasteiger partial charge in [0.15, 0.2) is 11.6 Å². The van der Waals surface area contributed by atoms with Crippen LogP contribution in [0.25, 0.3) is 11.6 Å². The zero-order valence-corrected chi connectivity index (χ0v) is 11.6. The summed E-state index contributed by atoms with van der Waals surface area (Å²) in [6.07, 6.45) is 2.79. The molecule has 0 fully saturated rings. The average Bonchev–Trinajstić information content (AvgIpc) is 3.08. The molecule has 1 aromatic carbocycles. The van der Waals surface area contributed by atoms with Crippen molar-refractivity contribution in [1.82, 2.24) is 9.97 Å². The van der Waals surface area contributed by atoms with Crippen LogP contribution in [-0.4, -0.2) is 21.0 Å². The smallest absolute Gasteiger partial charge is 0.341 e. The van der Waals surface area contributed by atoms with Crippen molar-refractivity contribution in [2.75, 3.05) is 5.32 Å². The number of hydrogen-bond acceptors (Lipinski definition) is 5. The number of furan rings is 1. The molecule has 0 atom stereocenters. The maximum absolute atomic E-state index is 11.3. The van der Waals surface area contributed by atoms with Crippen molar-refractivity contribution in [1.29, 1.82) is 0 Å². The van der Waals surface area contributed by atoms with E-state index in [-0.39, 0.29) is 11.4 Å². The van der Waals surface area contributed by atoms with Crippen LogP contribution in [0.4, 0.5) is 5.82 Å². The minimum absolute atomic E-state index is 0.0197. The van der Waals surface area contributed by atoms with E-state index in [1.807, 2.05) is 30.3 Å². The number of aromatic carboxylic acids is 1. The number of carboxylic acid groups (broad SMARTS) is 1. The van der Waals surface area contributed by atoms with Crippen LogP contribution >= 0.6 is 0 Å². The highest BCUT2D eigenvalue weighted by Gasteiger charge is 2.15. The summed E-state index contributed by atoms with van der Waals surface area (Å²) < 4.78 is 5.24. The summed E-state index contributed by atoms with van der Waals surface area (Å²) in [5.74, 6) is 0.00423. The molecule has 0 bridgehead atoms. The lowest BCUT2D eigenvalue weighted by Crippen LogP contribution is -2.10. The Hall–Kier alpha value is -3.15. The van der Waals surface area contributed by atoms with Crippen LogP contribution < -0.4 is 5.32 Å². The van der Waals surface area contributed by atoms with E-state index in [0.717, 1.165) is 5.56 Å². The first-order valence-corrected chi connectivity index (χ1v) is 6.66. The number of anilines is 1. The Morgan fingerprint density at radius 2 is 2.00 bits per heavy atom. The fraction of sp³-hybridized carbons (Fsp3) is 0.0625. The molecule has 3 rings (SSSR count). The van der Waals surface area contributed by atoms with Gasteiger partial charge in [-0.3, -0.25) is 0 Å². The standard InChI is InChI=1S/C16H13N3O3/c20-16(21)12-10-18-15(13-7-4-8-22-13)19-14(12)17-9-11-5-2-1-3-6-11/h1-8,10H,9H2,(H,20,21)(H,17,18,19). The zero-order chi connectivity index (χ0) is 15.4. The van der Waals surface area contributed by atoms with Gasteiger partial charge in [0.2, 0.25) is 0 Å². The normalized spacial score (nSPS) is 10.4. The molecule has 0 saturated carbocycles. The molecule has 2 heterocycles. The first-order chi connectivity index (χ1) is 10.7. The van der Waals surface area contributed by atoms with Crippen molar-refractivity contribution >= 4 is 11.8 Å². The van der Waals surface area contributed by atoms with E-state index < -0.39 is 5.97 Å². The van der Waals surface area contributed by atoms with Crippen molar-refractivity contribution in [3.05, 3.63) is 66.1 Å². The van der Waals surface area contributed by atoms with Gasteiger partial charge in [0.25, 0.3) is 0 Å². The maximum Gasteiger partial charge on any atom is 0.341 e. The van der Waals surface area contributed by atoms with Crippen LogP contribution in [-0.2, 0) is 6.54 Å². The van der Waals surface area contributed by atoms with Gasteiger partial charge in [-0.25, -0.2) is 14.8 Å². The number of benzene rings is 1. The number of rotatable bonds is 5. The van der Waals surface area contributed by atoms with E-state index >= 15 is 0 Å². The first-order valence-electron chi connectivity index (χ1n) is 6.66. The van der Waals surface area contributed by atoms with Crippen molar-refractivity contribution in [2.45, 2.75) is 6.54 Å². The molecule has 0 radical (unpaired) electrons. The maximum atomic E-state index is 11.3. The largest absolute Gasteiger partial charge is 0.477 e. The molecule has 22 heavy (non-hydrogen) atoms. The minimum atomic E-state index is -1.08. The zero-order valence-electron chi connectivity index (χ0n) is 11.6. The molecular weight excluding hydrogens is 282 g/mol.